The van der Waals surface area contributed by atoms with Crippen molar-refractivity contribution in [3.05, 3.63) is 0 Å². The molecule has 0 aromatic heterocycles. The predicted molar refractivity (Wildman–Crippen MR) is 51.3 cm³/mol. The average molecular weight is 207 g/mol. The van der Waals surface area contributed by atoms with Gasteiger partial charge in [0.2, 0.25) is 0 Å². The number of piperidine rings is 1. The van der Waals surface area contributed by atoms with E-state index in [1.165, 1.54) is 11.4 Å². The van der Waals surface area contributed by atoms with Crippen molar-refractivity contribution < 1.29 is 8.42 Å². The van der Waals surface area contributed by atoms with E-state index in [0.717, 1.165) is 12.8 Å². The largest absolute Gasteiger partial charge is 0.330 e. The maximum absolute atomic E-state index is 11.4. The van der Waals surface area contributed by atoms with Crippen molar-refractivity contribution in [1.82, 2.24) is 9.03 Å². The van der Waals surface area contributed by atoms with Crippen LogP contribution in [0.5, 0.6) is 0 Å². The molecule has 1 fully saturated rings. The van der Waals surface area contributed by atoms with Gasteiger partial charge in [-0.15, -0.1) is 0 Å². The van der Waals surface area contributed by atoms with Crippen LogP contribution < -0.4 is 10.5 Å². The lowest BCUT2D eigenvalue weighted by molar-refractivity contribution is 0.269. The summed E-state index contributed by atoms with van der Waals surface area (Å²) in [5.41, 5.74) is 5.51. The molecule has 0 aromatic carbocycles. The summed E-state index contributed by atoms with van der Waals surface area (Å²) in [5, 5.41) is 0. The summed E-state index contributed by atoms with van der Waals surface area (Å²) in [4.78, 5) is 0. The molecule has 1 aliphatic rings. The average Bonchev–Trinajstić information content (AvgIpc) is 2.18. The molecule has 0 radical (unpaired) electrons. The Labute approximate surface area is 79.5 Å². The summed E-state index contributed by atoms with van der Waals surface area (Å²) in [6.07, 6.45) is 1.94. The van der Waals surface area contributed by atoms with Crippen LogP contribution in [0, 0.1) is 5.92 Å². The Kier molecular flexibility index (Phi) is 3.66. The lowest BCUT2D eigenvalue weighted by Crippen LogP contribution is -2.46. The molecule has 1 heterocycles. The first-order valence-electron chi connectivity index (χ1n) is 4.49. The van der Waals surface area contributed by atoms with E-state index in [1.807, 2.05) is 0 Å². The van der Waals surface area contributed by atoms with Crippen LogP contribution in [0.2, 0.25) is 0 Å². The standard InChI is InChI=1S/C7H17N3O2S/c1-9-13(11,12)10-4-2-3-7(5-8)6-10/h7,9H,2-6,8H2,1H3. The van der Waals surface area contributed by atoms with Crippen LogP contribution >= 0.6 is 0 Å². The topological polar surface area (TPSA) is 75.4 Å². The molecule has 13 heavy (non-hydrogen) atoms. The zero-order chi connectivity index (χ0) is 9.90. The van der Waals surface area contributed by atoms with Gasteiger partial charge in [0.25, 0.3) is 10.2 Å². The second-order valence-electron chi connectivity index (χ2n) is 3.31. The SMILES string of the molecule is CNS(=O)(=O)N1CCCC(CN)C1. The van der Waals surface area contributed by atoms with Crippen LogP contribution in [0.15, 0.2) is 0 Å². The van der Waals surface area contributed by atoms with Gasteiger partial charge in [0.15, 0.2) is 0 Å². The summed E-state index contributed by atoms with van der Waals surface area (Å²) in [6.45, 7) is 1.73. The van der Waals surface area contributed by atoms with Gasteiger partial charge in [0.05, 0.1) is 0 Å². The van der Waals surface area contributed by atoms with Gasteiger partial charge in [-0.2, -0.15) is 12.7 Å². The maximum Gasteiger partial charge on any atom is 0.279 e. The fourth-order valence-corrected chi connectivity index (χ4v) is 2.60. The fraction of sp³-hybridized carbons (Fsp3) is 1.00. The minimum Gasteiger partial charge on any atom is -0.330 e. The Hall–Kier alpha value is -0.170. The van der Waals surface area contributed by atoms with Crippen molar-refractivity contribution in [2.75, 3.05) is 26.7 Å². The summed E-state index contributed by atoms with van der Waals surface area (Å²) in [7, 11) is -1.80. The lowest BCUT2D eigenvalue weighted by atomic mass is 10.0. The van der Waals surface area contributed by atoms with Gasteiger partial charge in [0, 0.05) is 20.1 Å². The van der Waals surface area contributed by atoms with Crippen LogP contribution in [-0.4, -0.2) is 39.4 Å². The Bertz CT molecular complexity index is 252. The van der Waals surface area contributed by atoms with E-state index < -0.39 is 10.2 Å². The number of hydrogen-bond donors (Lipinski definition) is 2. The van der Waals surface area contributed by atoms with Gasteiger partial charge < -0.3 is 5.73 Å². The lowest BCUT2D eigenvalue weighted by Gasteiger charge is -2.30. The summed E-state index contributed by atoms with van der Waals surface area (Å²) >= 11 is 0. The molecule has 0 aliphatic carbocycles. The van der Waals surface area contributed by atoms with Gasteiger partial charge >= 0.3 is 0 Å². The van der Waals surface area contributed by atoms with Gasteiger partial charge in [-0.25, -0.2) is 4.72 Å². The van der Waals surface area contributed by atoms with E-state index in [9.17, 15) is 8.42 Å². The van der Waals surface area contributed by atoms with Crippen LogP contribution in [0.25, 0.3) is 0 Å². The van der Waals surface area contributed by atoms with Crippen molar-refractivity contribution in [2.24, 2.45) is 11.7 Å². The Morgan fingerprint density at radius 1 is 1.62 bits per heavy atom. The summed E-state index contributed by atoms with van der Waals surface area (Å²) < 4.78 is 26.6. The van der Waals surface area contributed by atoms with E-state index in [4.69, 9.17) is 5.73 Å². The maximum atomic E-state index is 11.4. The van der Waals surface area contributed by atoms with Gasteiger partial charge in [-0.05, 0) is 25.3 Å². The number of nitrogens with zero attached hydrogens (tertiary/aromatic N) is 1. The Morgan fingerprint density at radius 2 is 2.31 bits per heavy atom. The molecule has 1 unspecified atom stereocenters. The molecular formula is C7H17N3O2S. The van der Waals surface area contributed by atoms with Crippen molar-refractivity contribution in [3.63, 3.8) is 0 Å². The number of hydrogen-bond acceptors (Lipinski definition) is 3. The first kappa shape index (κ1) is 10.9. The zero-order valence-electron chi connectivity index (χ0n) is 7.86. The highest BCUT2D eigenvalue weighted by atomic mass is 32.2. The third-order valence-corrected chi connectivity index (χ3v) is 3.94. The number of nitrogens with two attached hydrogens (primary N) is 1. The fourth-order valence-electron chi connectivity index (χ4n) is 1.57. The number of rotatable bonds is 3. The summed E-state index contributed by atoms with van der Waals surface area (Å²) in [6, 6.07) is 0. The molecular weight excluding hydrogens is 190 g/mol. The van der Waals surface area contributed by atoms with Gasteiger partial charge in [-0.1, -0.05) is 0 Å². The van der Waals surface area contributed by atoms with E-state index in [2.05, 4.69) is 4.72 Å². The van der Waals surface area contributed by atoms with Gasteiger partial charge in [0.1, 0.15) is 0 Å². The van der Waals surface area contributed by atoms with Crippen LogP contribution in [-0.2, 0) is 10.2 Å². The van der Waals surface area contributed by atoms with Crippen LogP contribution in [0.4, 0.5) is 0 Å². The number of nitrogens with one attached hydrogen (secondary N) is 1. The molecule has 78 valence electrons. The molecule has 1 saturated heterocycles. The molecule has 1 rings (SSSR count). The minimum atomic E-state index is -3.24. The Balaban J connectivity index is 2.61. The highest BCUT2D eigenvalue weighted by Gasteiger charge is 2.26. The van der Waals surface area contributed by atoms with Crippen molar-refractivity contribution >= 4 is 10.2 Å². The quantitative estimate of drug-likeness (QED) is 0.631. The molecule has 0 spiro atoms. The molecule has 0 saturated carbocycles. The normalized spacial score (nSPS) is 26.2. The highest BCUT2D eigenvalue weighted by molar-refractivity contribution is 7.87. The first-order valence-corrected chi connectivity index (χ1v) is 5.93. The molecule has 3 N–H and O–H groups in total. The summed E-state index contributed by atoms with van der Waals surface area (Å²) in [5.74, 6) is 0.317. The second kappa shape index (κ2) is 4.36. The highest BCUT2D eigenvalue weighted by Crippen LogP contribution is 2.16. The van der Waals surface area contributed by atoms with Gasteiger partial charge in [-0.3, -0.25) is 0 Å². The van der Waals surface area contributed by atoms with Crippen molar-refractivity contribution in [2.45, 2.75) is 12.8 Å². The zero-order valence-corrected chi connectivity index (χ0v) is 8.68. The molecule has 1 atom stereocenters. The second-order valence-corrected chi connectivity index (χ2v) is 5.19. The molecule has 5 nitrogen and oxygen atoms in total. The molecule has 0 amide bonds. The molecule has 0 aromatic rings. The monoisotopic (exact) mass is 207 g/mol. The van der Waals surface area contributed by atoms with Crippen LogP contribution in [0.1, 0.15) is 12.8 Å². The van der Waals surface area contributed by atoms with Crippen molar-refractivity contribution in [1.29, 1.82) is 0 Å². The Morgan fingerprint density at radius 3 is 2.85 bits per heavy atom. The van der Waals surface area contributed by atoms with E-state index in [1.54, 1.807) is 0 Å². The van der Waals surface area contributed by atoms with Crippen molar-refractivity contribution in [3.8, 4) is 0 Å². The van der Waals surface area contributed by atoms with Crippen LogP contribution in [0.3, 0.4) is 0 Å². The molecule has 0 bridgehead atoms. The van der Waals surface area contributed by atoms with E-state index in [0.29, 0.717) is 25.6 Å². The minimum absolute atomic E-state index is 0.317. The molecule has 1 aliphatic heterocycles. The van der Waals surface area contributed by atoms with E-state index >= 15 is 0 Å². The van der Waals surface area contributed by atoms with E-state index in [-0.39, 0.29) is 0 Å². The smallest absolute Gasteiger partial charge is 0.279 e. The first-order chi connectivity index (χ1) is 6.10. The molecule has 6 heteroatoms. The third-order valence-electron chi connectivity index (χ3n) is 2.41. The third kappa shape index (κ3) is 2.63. The predicted octanol–water partition coefficient (Wildman–Crippen LogP) is -0.879.